The molecule has 0 fully saturated rings. The van der Waals surface area contributed by atoms with Gasteiger partial charge in [0.25, 0.3) is 0 Å². The smallest absolute Gasteiger partial charge is 0.242 e. The van der Waals surface area contributed by atoms with E-state index in [-0.39, 0.29) is 17.2 Å². The molecule has 0 aliphatic carbocycles. The van der Waals surface area contributed by atoms with E-state index >= 15 is 0 Å². The first-order valence-corrected chi connectivity index (χ1v) is 8.89. The number of aliphatic hydroxyl groups is 1. The second-order valence-electron chi connectivity index (χ2n) is 5.92. The van der Waals surface area contributed by atoms with Crippen LogP contribution < -0.4 is 4.72 Å². The van der Waals surface area contributed by atoms with E-state index in [1.54, 1.807) is 24.4 Å². The average Bonchev–Trinajstić information content (AvgIpc) is 3.08. The summed E-state index contributed by atoms with van der Waals surface area (Å²) in [5.74, 6) is 0.289. The number of aromatic nitrogens is 1. The highest BCUT2D eigenvalue weighted by atomic mass is 32.2. The van der Waals surface area contributed by atoms with Crippen molar-refractivity contribution in [3.8, 4) is 0 Å². The SMILES string of the molecule is Cc1cnc2c(S(=O)(=O)NC[C@@](C)(O)c3ccco3)cccc2c1. The van der Waals surface area contributed by atoms with Crippen LogP contribution in [0, 0.1) is 6.92 Å². The van der Waals surface area contributed by atoms with Crippen molar-refractivity contribution in [2.75, 3.05) is 6.54 Å². The summed E-state index contributed by atoms with van der Waals surface area (Å²) in [5.41, 5.74) is -0.107. The molecule has 0 aliphatic rings. The maximum absolute atomic E-state index is 12.7. The largest absolute Gasteiger partial charge is 0.466 e. The molecule has 7 heteroatoms. The lowest BCUT2D eigenvalue weighted by Gasteiger charge is -2.21. The van der Waals surface area contributed by atoms with Gasteiger partial charge in [-0.3, -0.25) is 4.98 Å². The molecule has 0 amide bonds. The predicted molar refractivity (Wildman–Crippen MR) is 89.9 cm³/mol. The number of pyridine rings is 1. The molecule has 3 rings (SSSR count). The van der Waals surface area contributed by atoms with E-state index in [1.807, 2.05) is 19.1 Å². The van der Waals surface area contributed by atoms with Crippen molar-refractivity contribution >= 4 is 20.9 Å². The predicted octanol–water partition coefficient (Wildman–Crippen LogP) is 2.32. The molecule has 3 aromatic rings. The van der Waals surface area contributed by atoms with Gasteiger partial charge in [0.15, 0.2) is 0 Å². The van der Waals surface area contributed by atoms with Crippen molar-refractivity contribution in [2.24, 2.45) is 0 Å². The molecule has 2 aromatic heterocycles. The van der Waals surface area contributed by atoms with Gasteiger partial charge in [0, 0.05) is 18.1 Å². The van der Waals surface area contributed by atoms with Gasteiger partial charge in [0.05, 0.1) is 11.8 Å². The van der Waals surface area contributed by atoms with Crippen LogP contribution in [0.25, 0.3) is 10.9 Å². The first-order valence-electron chi connectivity index (χ1n) is 7.41. The molecule has 0 bridgehead atoms. The molecule has 0 spiro atoms. The highest BCUT2D eigenvalue weighted by Crippen LogP contribution is 2.24. The molecule has 1 atom stereocenters. The topological polar surface area (TPSA) is 92.4 Å². The zero-order valence-corrected chi connectivity index (χ0v) is 14.2. The van der Waals surface area contributed by atoms with Crippen LogP contribution in [0.15, 0.2) is 58.2 Å². The molecule has 1 aromatic carbocycles. The van der Waals surface area contributed by atoms with Gasteiger partial charge in [-0.25, -0.2) is 13.1 Å². The third-order valence-electron chi connectivity index (χ3n) is 3.76. The molecule has 6 nitrogen and oxygen atoms in total. The fourth-order valence-corrected chi connectivity index (χ4v) is 3.75. The van der Waals surface area contributed by atoms with Gasteiger partial charge >= 0.3 is 0 Å². The molecule has 0 radical (unpaired) electrons. The van der Waals surface area contributed by atoms with E-state index in [4.69, 9.17) is 4.42 Å². The van der Waals surface area contributed by atoms with Gasteiger partial charge < -0.3 is 9.52 Å². The van der Waals surface area contributed by atoms with Crippen molar-refractivity contribution in [2.45, 2.75) is 24.3 Å². The second kappa shape index (κ2) is 6.01. The maximum atomic E-state index is 12.7. The quantitative estimate of drug-likeness (QED) is 0.740. The number of aryl methyl sites for hydroxylation is 1. The van der Waals surface area contributed by atoms with E-state index in [1.165, 1.54) is 19.3 Å². The summed E-state index contributed by atoms with van der Waals surface area (Å²) in [6, 6.07) is 10.1. The van der Waals surface area contributed by atoms with Crippen LogP contribution in [0.5, 0.6) is 0 Å². The molecular weight excluding hydrogens is 328 g/mol. The fourth-order valence-electron chi connectivity index (χ4n) is 2.45. The van der Waals surface area contributed by atoms with Gasteiger partial charge in [-0.05, 0) is 43.7 Å². The Bertz CT molecular complexity index is 963. The highest BCUT2D eigenvalue weighted by molar-refractivity contribution is 7.89. The Morgan fingerprint density at radius 3 is 2.79 bits per heavy atom. The molecule has 0 saturated heterocycles. The minimum atomic E-state index is -3.84. The molecule has 24 heavy (non-hydrogen) atoms. The Hall–Kier alpha value is -2.22. The zero-order valence-electron chi connectivity index (χ0n) is 13.4. The number of nitrogens with one attached hydrogen (secondary N) is 1. The van der Waals surface area contributed by atoms with E-state index in [2.05, 4.69) is 9.71 Å². The minimum Gasteiger partial charge on any atom is -0.466 e. The van der Waals surface area contributed by atoms with E-state index in [0.29, 0.717) is 5.52 Å². The molecule has 0 unspecified atom stereocenters. The van der Waals surface area contributed by atoms with Crippen molar-refractivity contribution in [3.63, 3.8) is 0 Å². The van der Waals surface area contributed by atoms with Crippen molar-refractivity contribution in [1.29, 1.82) is 0 Å². The fraction of sp³-hybridized carbons (Fsp3) is 0.235. The van der Waals surface area contributed by atoms with Crippen molar-refractivity contribution < 1.29 is 17.9 Å². The number of hydrogen-bond acceptors (Lipinski definition) is 5. The number of nitrogens with zero attached hydrogens (tertiary/aromatic N) is 1. The monoisotopic (exact) mass is 346 g/mol. The van der Waals surface area contributed by atoms with Crippen molar-refractivity contribution in [1.82, 2.24) is 9.71 Å². The lowest BCUT2D eigenvalue weighted by atomic mass is 10.1. The Morgan fingerprint density at radius 2 is 2.08 bits per heavy atom. The van der Waals surface area contributed by atoms with Crippen LogP contribution in [-0.2, 0) is 15.6 Å². The summed E-state index contributed by atoms with van der Waals surface area (Å²) in [6.07, 6.45) is 3.05. The van der Waals surface area contributed by atoms with Crippen LogP contribution in [-0.4, -0.2) is 25.1 Å². The Labute approximate surface area is 140 Å². The number of furan rings is 1. The lowest BCUT2D eigenvalue weighted by molar-refractivity contribution is 0.0395. The third kappa shape index (κ3) is 3.19. The van der Waals surface area contributed by atoms with Crippen LogP contribution in [0.1, 0.15) is 18.2 Å². The molecule has 2 heterocycles. The van der Waals surface area contributed by atoms with Crippen LogP contribution in [0.2, 0.25) is 0 Å². The summed E-state index contributed by atoms with van der Waals surface area (Å²) in [4.78, 5) is 4.32. The van der Waals surface area contributed by atoms with Gasteiger partial charge in [-0.2, -0.15) is 0 Å². The Morgan fingerprint density at radius 1 is 1.29 bits per heavy atom. The first kappa shape index (κ1) is 16.6. The summed E-state index contributed by atoms with van der Waals surface area (Å²) >= 11 is 0. The van der Waals surface area contributed by atoms with Crippen LogP contribution in [0.3, 0.4) is 0 Å². The summed E-state index contributed by atoms with van der Waals surface area (Å²) in [6.45, 7) is 3.16. The molecule has 0 aliphatic heterocycles. The first-order chi connectivity index (χ1) is 11.3. The number of hydrogen-bond donors (Lipinski definition) is 2. The van der Waals surface area contributed by atoms with Gasteiger partial charge in [0.2, 0.25) is 10.0 Å². The summed E-state index contributed by atoms with van der Waals surface area (Å²) in [5, 5.41) is 11.1. The van der Waals surface area contributed by atoms with Gasteiger partial charge in [-0.1, -0.05) is 12.1 Å². The van der Waals surface area contributed by atoms with E-state index in [9.17, 15) is 13.5 Å². The van der Waals surface area contributed by atoms with Gasteiger partial charge in [0.1, 0.15) is 16.3 Å². The van der Waals surface area contributed by atoms with E-state index < -0.39 is 15.6 Å². The average molecular weight is 346 g/mol. The lowest BCUT2D eigenvalue weighted by Crippen LogP contribution is -2.38. The zero-order chi connectivity index (χ0) is 17.4. The Kier molecular flexibility index (Phi) is 4.16. The second-order valence-corrected chi connectivity index (χ2v) is 7.65. The maximum Gasteiger partial charge on any atom is 0.242 e. The van der Waals surface area contributed by atoms with E-state index in [0.717, 1.165) is 10.9 Å². The Balaban J connectivity index is 1.91. The van der Waals surface area contributed by atoms with Gasteiger partial charge in [-0.15, -0.1) is 0 Å². The molecule has 0 saturated carbocycles. The number of benzene rings is 1. The number of para-hydroxylation sites is 1. The molecule has 126 valence electrons. The summed E-state index contributed by atoms with van der Waals surface area (Å²) < 4.78 is 32.9. The minimum absolute atomic E-state index is 0.0789. The number of fused-ring (bicyclic) bond motifs is 1. The van der Waals surface area contributed by atoms with Crippen LogP contribution >= 0.6 is 0 Å². The highest BCUT2D eigenvalue weighted by Gasteiger charge is 2.29. The van der Waals surface area contributed by atoms with Crippen LogP contribution in [0.4, 0.5) is 0 Å². The third-order valence-corrected chi connectivity index (χ3v) is 5.19. The van der Waals surface area contributed by atoms with Crippen molar-refractivity contribution in [3.05, 3.63) is 60.2 Å². The standard InChI is InChI=1S/C17H18N2O4S/c1-12-9-13-5-3-6-14(16(13)18-10-12)24(21,22)19-11-17(2,20)15-7-4-8-23-15/h3-10,19-20H,11H2,1-2H3/t17-/m1/s1. The number of sulfonamides is 1. The normalized spacial score (nSPS) is 14.6. The molecule has 2 N–H and O–H groups in total. The summed E-state index contributed by atoms with van der Waals surface area (Å²) in [7, 11) is -3.84. The molecular formula is C17H18N2O4S. The number of rotatable bonds is 5.